The maximum atomic E-state index is 11.8. The van der Waals surface area contributed by atoms with Gasteiger partial charge in [0.25, 0.3) is 0 Å². The van der Waals surface area contributed by atoms with Crippen LogP contribution in [0.3, 0.4) is 0 Å². The third-order valence-corrected chi connectivity index (χ3v) is 3.85. The van der Waals surface area contributed by atoms with Crippen molar-refractivity contribution >= 4 is 29.3 Å². The van der Waals surface area contributed by atoms with Gasteiger partial charge in [-0.1, -0.05) is 11.6 Å². The van der Waals surface area contributed by atoms with Crippen molar-refractivity contribution in [2.75, 3.05) is 18.5 Å². The Kier molecular flexibility index (Phi) is 5.03. The van der Waals surface area contributed by atoms with Crippen LogP contribution in [0, 0.1) is 5.92 Å². The molecule has 0 aliphatic carbocycles. The molecule has 2 atom stereocenters. The lowest BCUT2D eigenvalue weighted by Crippen LogP contribution is -2.35. The van der Waals surface area contributed by atoms with Crippen molar-refractivity contribution < 1.29 is 19.4 Å². The van der Waals surface area contributed by atoms with E-state index in [4.69, 9.17) is 21.4 Å². The number of benzene rings is 1. The highest BCUT2D eigenvalue weighted by molar-refractivity contribution is 6.33. The number of anilines is 1. The van der Waals surface area contributed by atoms with E-state index in [1.165, 1.54) is 18.2 Å². The topological polar surface area (TPSA) is 87.7 Å². The van der Waals surface area contributed by atoms with E-state index in [0.717, 1.165) is 6.42 Å². The van der Waals surface area contributed by atoms with Crippen molar-refractivity contribution in [3.8, 4) is 0 Å². The van der Waals surface area contributed by atoms with Crippen molar-refractivity contribution in [2.24, 2.45) is 5.92 Å². The van der Waals surface area contributed by atoms with Crippen LogP contribution in [0.25, 0.3) is 0 Å². The van der Waals surface area contributed by atoms with Gasteiger partial charge in [-0.2, -0.15) is 0 Å². The molecule has 2 amide bonds. The van der Waals surface area contributed by atoms with Crippen molar-refractivity contribution in [3.63, 3.8) is 0 Å². The molecule has 0 bridgehead atoms. The molecular weight excluding hydrogens is 296 g/mol. The fraction of sp³-hybridized carbons (Fsp3) is 0.429. The standard InChI is InChI=1S/C14H17ClN2O4/c1-8-10(4-5-21-8)7-16-14(20)17-12-6-9(13(18)19)2-3-11(12)15/h2-3,6,8,10H,4-5,7H2,1H3,(H,18,19)(H2,16,17,20). The summed E-state index contributed by atoms with van der Waals surface area (Å²) in [7, 11) is 0. The molecule has 1 fully saturated rings. The number of urea groups is 1. The van der Waals surface area contributed by atoms with Gasteiger partial charge in [-0.3, -0.25) is 0 Å². The average molecular weight is 313 g/mol. The number of rotatable bonds is 4. The molecule has 1 saturated heterocycles. The van der Waals surface area contributed by atoms with Gasteiger partial charge in [-0.15, -0.1) is 0 Å². The Hall–Kier alpha value is -1.79. The summed E-state index contributed by atoms with van der Waals surface area (Å²) in [6.07, 6.45) is 1.04. The molecule has 3 N–H and O–H groups in total. The van der Waals surface area contributed by atoms with Crippen LogP contribution in [-0.2, 0) is 4.74 Å². The normalized spacial score (nSPS) is 21.0. The maximum absolute atomic E-state index is 11.8. The fourth-order valence-electron chi connectivity index (χ4n) is 2.19. The Balaban J connectivity index is 1.93. The number of carbonyl (C=O) groups is 2. The summed E-state index contributed by atoms with van der Waals surface area (Å²) in [6, 6.07) is 3.73. The van der Waals surface area contributed by atoms with Gasteiger partial charge in [0.15, 0.2) is 0 Å². The zero-order valence-electron chi connectivity index (χ0n) is 11.6. The molecule has 1 aliphatic heterocycles. The molecule has 2 rings (SSSR count). The quantitative estimate of drug-likeness (QED) is 0.797. The van der Waals surface area contributed by atoms with Gasteiger partial charge >= 0.3 is 12.0 Å². The minimum atomic E-state index is -1.08. The molecule has 1 aromatic carbocycles. The Bertz CT molecular complexity index is 550. The first-order valence-electron chi connectivity index (χ1n) is 6.66. The minimum Gasteiger partial charge on any atom is -0.478 e. The molecule has 1 aliphatic rings. The Labute approximate surface area is 127 Å². The first-order chi connectivity index (χ1) is 9.97. The van der Waals surface area contributed by atoms with Crippen LogP contribution in [0.15, 0.2) is 18.2 Å². The Morgan fingerprint density at radius 1 is 1.48 bits per heavy atom. The third kappa shape index (κ3) is 4.09. The highest BCUT2D eigenvalue weighted by Crippen LogP contribution is 2.23. The molecule has 7 heteroatoms. The summed E-state index contributed by atoms with van der Waals surface area (Å²) in [5.41, 5.74) is 0.331. The lowest BCUT2D eigenvalue weighted by atomic mass is 10.0. The monoisotopic (exact) mass is 312 g/mol. The van der Waals surface area contributed by atoms with Crippen molar-refractivity contribution in [3.05, 3.63) is 28.8 Å². The summed E-state index contributed by atoms with van der Waals surface area (Å²) >= 11 is 5.94. The number of nitrogens with one attached hydrogen (secondary N) is 2. The number of carbonyl (C=O) groups excluding carboxylic acids is 1. The molecule has 1 aromatic rings. The van der Waals surface area contributed by atoms with Gasteiger partial charge in [0.2, 0.25) is 0 Å². The molecule has 0 radical (unpaired) electrons. The molecule has 0 saturated carbocycles. The van der Waals surface area contributed by atoms with Gasteiger partial charge in [-0.05, 0) is 31.5 Å². The second-order valence-electron chi connectivity index (χ2n) is 4.96. The second kappa shape index (κ2) is 6.78. The van der Waals surface area contributed by atoms with Crippen LogP contribution < -0.4 is 10.6 Å². The zero-order valence-corrected chi connectivity index (χ0v) is 12.3. The van der Waals surface area contributed by atoms with E-state index in [0.29, 0.717) is 13.2 Å². The molecule has 21 heavy (non-hydrogen) atoms. The summed E-state index contributed by atoms with van der Waals surface area (Å²) in [5, 5.41) is 14.5. The van der Waals surface area contributed by atoms with Crippen molar-refractivity contribution in [1.82, 2.24) is 5.32 Å². The van der Waals surface area contributed by atoms with Crippen LogP contribution in [0.1, 0.15) is 23.7 Å². The van der Waals surface area contributed by atoms with Gasteiger partial charge in [0.05, 0.1) is 22.4 Å². The van der Waals surface area contributed by atoms with E-state index in [1.807, 2.05) is 6.92 Å². The zero-order chi connectivity index (χ0) is 15.4. The van der Waals surface area contributed by atoms with E-state index < -0.39 is 12.0 Å². The van der Waals surface area contributed by atoms with Gasteiger partial charge in [0, 0.05) is 19.1 Å². The molecule has 0 aromatic heterocycles. The largest absolute Gasteiger partial charge is 0.478 e. The first-order valence-corrected chi connectivity index (χ1v) is 7.04. The number of hydrogen-bond acceptors (Lipinski definition) is 3. The highest BCUT2D eigenvalue weighted by Gasteiger charge is 2.24. The van der Waals surface area contributed by atoms with Crippen LogP contribution in [-0.4, -0.2) is 36.4 Å². The predicted octanol–water partition coefficient (Wildman–Crippen LogP) is 2.58. The average Bonchev–Trinajstić information content (AvgIpc) is 2.84. The van der Waals surface area contributed by atoms with E-state index in [1.54, 1.807) is 0 Å². The van der Waals surface area contributed by atoms with Gasteiger partial charge < -0.3 is 20.5 Å². The first kappa shape index (κ1) is 15.6. The smallest absolute Gasteiger partial charge is 0.335 e. The summed E-state index contributed by atoms with van der Waals surface area (Å²) in [5.74, 6) is -0.788. The SMILES string of the molecule is CC1OCCC1CNC(=O)Nc1cc(C(=O)O)ccc1Cl. The maximum Gasteiger partial charge on any atom is 0.335 e. The minimum absolute atomic E-state index is 0.0625. The number of carboxylic acid groups (broad SMARTS) is 1. The van der Waals surface area contributed by atoms with E-state index >= 15 is 0 Å². The number of halogens is 1. The van der Waals surface area contributed by atoms with E-state index in [-0.39, 0.29) is 28.3 Å². The summed E-state index contributed by atoms with van der Waals surface area (Å²) in [4.78, 5) is 22.7. The predicted molar refractivity (Wildman–Crippen MR) is 79.0 cm³/mol. The molecule has 1 heterocycles. The number of hydrogen-bond donors (Lipinski definition) is 3. The molecule has 114 valence electrons. The number of amides is 2. The number of carboxylic acids is 1. The fourth-order valence-corrected chi connectivity index (χ4v) is 2.35. The summed E-state index contributed by atoms with van der Waals surface area (Å²) < 4.78 is 5.42. The van der Waals surface area contributed by atoms with Gasteiger partial charge in [-0.25, -0.2) is 9.59 Å². The molecule has 6 nitrogen and oxygen atoms in total. The Morgan fingerprint density at radius 3 is 2.86 bits per heavy atom. The highest BCUT2D eigenvalue weighted by atomic mass is 35.5. The van der Waals surface area contributed by atoms with Gasteiger partial charge in [0.1, 0.15) is 0 Å². The van der Waals surface area contributed by atoms with Crippen LogP contribution in [0.5, 0.6) is 0 Å². The van der Waals surface area contributed by atoms with Crippen LogP contribution in [0.4, 0.5) is 10.5 Å². The molecular formula is C14H17ClN2O4. The number of ether oxygens (including phenoxy) is 1. The van der Waals surface area contributed by atoms with Crippen LogP contribution in [0.2, 0.25) is 5.02 Å². The van der Waals surface area contributed by atoms with E-state index in [2.05, 4.69) is 10.6 Å². The van der Waals surface area contributed by atoms with E-state index in [9.17, 15) is 9.59 Å². The van der Waals surface area contributed by atoms with Crippen LogP contribution >= 0.6 is 11.6 Å². The second-order valence-corrected chi connectivity index (χ2v) is 5.37. The van der Waals surface area contributed by atoms with Crippen molar-refractivity contribution in [1.29, 1.82) is 0 Å². The summed E-state index contributed by atoms with van der Waals surface area (Å²) in [6.45, 7) is 3.19. The Morgan fingerprint density at radius 2 is 2.24 bits per heavy atom. The molecule has 2 unspecified atom stereocenters. The third-order valence-electron chi connectivity index (χ3n) is 3.52. The number of aromatic carboxylic acids is 1. The lowest BCUT2D eigenvalue weighted by molar-refractivity contribution is 0.0697. The lowest BCUT2D eigenvalue weighted by Gasteiger charge is -2.15. The molecule has 0 spiro atoms. The van der Waals surface area contributed by atoms with Crippen molar-refractivity contribution in [2.45, 2.75) is 19.4 Å².